The Bertz CT molecular complexity index is 361. The Hall–Kier alpha value is -1.09. The average molecular weight is 224 g/mol. The van der Waals surface area contributed by atoms with Gasteiger partial charge in [-0.15, -0.1) is 0 Å². The Morgan fingerprint density at radius 1 is 1.50 bits per heavy atom. The third kappa shape index (κ3) is 2.53. The molecule has 1 saturated carbocycles. The maximum atomic E-state index is 13.6. The molecule has 1 unspecified atom stereocenters. The van der Waals surface area contributed by atoms with Gasteiger partial charge >= 0.3 is 0 Å². The van der Waals surface area contributed by atoms with Gasteiger partial charge in [0.25, 0.3) is 0 Å². The smallest absolute Gasteiger partial charge is 0.165 e. The summed E-state index contributed by atoms with van der Waals surface area (Å²) in [6.45, 7) is 2.45. The minimum absolute atomic E-state index is 0.00322. The van der Waals surface area contributed by atoms with Gasteiger partial charge in [-0.1, -0.05) is 19.1 Å². The molecule has 0 aromatic heterocycles. The van der Waals surface area contributed by atoms with Crippen molar-refractivity contribution in [1.82, 2.24) is 0 Å². The molecule has 88 valence electrons. The van der Waals surface area contributed by atoms with Crippen LogP contribution in [0.4, 0.5) is 4.39 Å². The molecular weight excluding hydrogens is 207 g/mol. The highest BCUT2D eigenvalue weighted by molar-refractivity contribution is 5.37. The van der Waals surface area contributed by atoms with Gasteiger partial charge in [-0.3, -0.25) is 0 Å². The Morgan fingerprint density at radius 2 is 2.25 bits per heavy atom. The zero-order valence-corrected chi connectivity index (χ0v) is 9.45. The van der Waals surface area contributed by atoms with Crippen molar-refractivity contribution in [2.24, 2.45) is 5.92 Å². The van der Waals surface area contributed by atoms with Crippen molar-refractivity contribution >= 4 is 0 Å². The molecule has 2 nitrogen and oxygen atoms in total. The monoisotopic (exact) mass is 224 g/mol. The first-order chi connectivity index (χ1) is 7.72. The van der Waals surface area contributed by atoms with Crippen LogP contribution >= 0.6 is 0 Å². The van der Waals surface area contributed by atoms with Gasteiger partial charge in [0.15, 0.2) is 11.6 Å². The highest BCUT2D eigenvalue weighted by atomic mass is 19.1. The SMILES string of the molecule is CC(CO)c1cccc(F)c1OCC1CC1. The molecule has 16 heavy (non-hydrogen) atoms. The van der Waals surface area contributed by atoms with Crippen LogP contribution in [0.15, 0.2) is 18.2 Å². The number of para-hydroxylation sites is 1. The second-order valence-electron chi connectivity index (χ2n) is 4.50. The lowest BCUT2D eigenvalue weighted by Crippen LogP contribution is -2.07. The molecule has 1 aliphatic rings. The minimum atomic E-state index is -0.335. The second-order valence-corrected chi connectivity index (χ2v) is 4.50. The summed E-state index contributed by atoms with van der Waals surface area (Å²) in [5, 5.41) is 9.12. The van der Waals surface area contributed by atoms with E-state index in [0.29, 0.717) is 18.3 Å². The van der Waals surface area contributed by atoms with Crippen LogP contribution in [0, 0.1) is 11.7 Å². The lowest BCUT2D eigenvalue weighted by molar-refractivity contribution is 0.256. The van der Waals surface area contributed by atoms with Gasteiger partial charge in [-0.25, -0.2) is 4.39 Å². The maximum Gasteiger partial charge on any atom is 0.165 e. The van der Waals surface area contributed by atoms with E-state index in [9.17, 15) is 4.39 Å². The third-order valence-corrected chi connectivity index (χ3v) is 2.96. The van der Waals surface area contributed by atoms with E-state index in [0.717, 1.165) is 5.56 Å². The maximum absolute atomic E-state index is 13.6. The molecule has 0 bridgehead atoms. The number of rotatable bonds is 5. The molecule has 3 heteroatoms. The standard InChI is InChI=1S/C13H17FO2/c1-9(7-15)11-3-2-4-12(14)13(11)16-8-10-5-6-10/h2-4,9-10,15H,5-8H2,1H3. The molecule has 0 radical (unpaired) electrons. The summed E-state index contributed by atoms with van der Waals surface area (Å²) in [4.78, 5) is 0. The van der Waals surface area contributed by atoms with Crippen LogP contribution in [-0.4, -0.2) is 18.3 Å². The van der Waals surface area contributed by atoms with Crippen LogP contribution in [0.1, 0.15) is 31.2 Å². The first kappa shape index (κ1) is 11.4. The molecule has 1 N–H and O–H groups in total. The summed E-state index contributed by atoms with van der Waals surface area (Å²) >= 11 is 0. The molecule has 1 atom stereocenters. The van der Waals surface area contributed by atoms with E-state index in [1.165, 1.54) is 18.9 Å². The molecule has 0 saturated heterocycles. The normalized spacial score (nSPS) is 17.2. The number of hydrogen-bond donors (Lipinski definition) is 1. The van der Waals surface area contributed by atoms with Crippen LogP contribution in [0.25, 0.3) is 0 Å². The zero-order chi connectivity index (χ0) is 11.5. The average Bonchev–Trinajstić information content (AvgIpc) is 3.10. The highest BCUT2D eigenvalue weighted by Gasteiger charge is 2.23. The van der Waals surface area contributed by atoms with E-state index in [-0.39, 0.29) is 18.3 Å². The minimum Gasteiger partial charge on any atom is -0.490 e. The van der Waals surface area contributed by atoms with Crippen molar-refractivity contribution in [2.75, 3.05) is 13.2 Å². The van der Waals surface area contributed by atoms with E-state index in [4.69, 9.17) is 9.84 Å². The predicted molar refractivity (Wildman–Crippen MR) is 60.1 cm³/mol. The summed E-state index contributed by atoms with van der Waals surface area (Å²) in [6, 6.07) is 4.86. The summed E-state index contributed by atoms with van der Waals surface area (Å²) in [7, 11) is 0. The summed E-state index contributed by atoms with van der Waals surface area (Å²) in [6.07, 6.45) is 2.36. The van der Waals surface area contributed by atoms with Crippen LogP contribution in [-0.2, 0) is 0 Å². The molecule has 1 aliphatic carbocycles. The lowest BCUT2D eigenvalue weighted by atomic mass is 10.0. The van der Waals surface area contributed by atoms with E-state index < -0.39 is 0 Å². The number of benzene rings is 1. The van der Waals surface area contributed by atoms with Crippen molar-refractivity contribution < 1.29 is 14.2 Å². The number of aliphatic hydroxyl groups is 1. The summed E-state index contributed by atoms with van der Waals surface area (Å²) in [5.41, 5.74) is 0.753. The fraction of sp³-hybridized carbons (Fsp3) is 0.538. The molecule has 0 spiro atoms. The highest BCUT2D eigenvalue weighted by Crippen LogP contribution is 2.33. The fourth-order valence-electron chi connectivity index (χ4n) is 1.65. The van der Waals surface area contributed by atoms with E-state index >= 15 is 0 Å². The van der Waals surface area contributed by atoms with E-state index in [1.54, 1.807) is 6.07 Å². The second kappa shape index (κ2) is 4.83. The van der Waals surface area contributed by atoms with Gasteiger partial charge in [-0.2, -0.15) is 0 Å². The quantitative estimate of drug-likeness (QED) is 0.833. The van der Waals surface area contributed by atoms with Gasteiger partial charge in [0.2, 0.25) is 0 Å². The van der Waals surface area contributed by atoms with Crippen LogP contribution in [0.3, 0.4) is 0 Å². The number of hydrogen-bond acceptors (Lipinski definition) is 2. The number of ether oxygens (including phenoxy) is 1. The first-order valence-electron chi connectivity index (χ1n) is 5.74. The molecule has 0 heterocycles. The third-order valence-electron chi connectivity index (χ3n) is 2.96. The number of aliphatic hydroxyl groups excluding tert-OH is 1. The van der Waals surface area contributed by atoms with Gasteiger partial charge in [0.05, 0.1) is 6.61 Å². The molecule has 1 fully saturated rings. The molecular formula is C13H17FO2. The Kier molecular flexibility index (Phi) is 3.44. The van der Waals surface area contributed by atoms with E-state index in [1.807, 2.05) is 13.0 Å². The summed E-state index contributed by atoms with van der Waals surface area (Å²) in [5.74, 6) is 0.483. The van der Waals surface area contributed by atoms with Gasteiger partial charge < -0.3 is 9.84 Å². The first-order valence-corrected chi connectivity index (χ1v) is 5.74. The van der Waals surface area contributed by atoms with Crippen molar-refractivity contribution in [2.45, 2.75) is 25.7 Å². The fourth-order valence-corrected chi connectivity index (χ4v) is 1.65. The predicted octanol–water partition coefficient (Wildman–Crippen LogP) is 2.71. The van der Waals surface area contributed by atoms with Crippen LogP contribution in [0.5, 0.6) is 5.75 Å². The van der Waals surface area contributed by atoms with Gasteiger partial charge in [0.1, 0.15) is 0 Å². The molecule has 0 amide bonds. The van der Waals surface area contributed by atoms with Crippen LogP contribution < -0.4 is 4.74 Å². The topological polar surface area (TPSA) is 29.5 Å². The van der Waals surface area contributed by atoms with Crippen LogP contribution in [0.2, 0.25) is 0 Å². The van der Waals surface area contributed by atoms with Gasteiger partial charge in [-0.05, 0) is 24.8 Å². The van der Waals surface area contributed by atoms with Crippen molar-refractivity contribution in [3.8, 4) is 5.75 Å². The molecule has 1 aromatic carbocycles. The molecule has 1 aromatic rings. The largest absolute Gasteiger partial charge is 0.490 e. The number of halogens is 1. The van der Waals surface area contributed by atoms with Gasteiger partial charge in [0, 0.05) is 18.1 Å². The van der Waals surface area contributed by atoms with Crippen molar-refractivity contribution in [1.29, 1.82) is 0 Å². The van der Waals surface area contributed by atoms with Crippen molar-refractivity contribution in [3.05, 3.63) is 29.6 Å². The Morgan fingerprint density at radius 3 is 2.88 bits per heavy atom. The molecule has 0 aliphatic heterocycles. The Balaban J connectivity index is 2.17. The van der Waals surface area contributed by atoms with Crippen molar-refractivity contribution in [3.63, 3.8) is 0 Å². The summed E-state index contributed by atoms with van der Waals surface area (Å²) < 4.78 is 19.1. The lowest BCUT2D eigenvalue weighted by Gasteiger charge is -2.15. The zero-order valence-electron chi connectivity index (χ0n) is 9.45. The Labute approximate surface area is 95.1 Å². The molecule has 2 rings (SSSR count). The van der Waals surface area contributed by atoms with E-state index in [2.05, 4.69) is 0 Å².